The van der Waals surface area contributed by atoms with Gasteiger partial charge in [-0.1, -0.05) is 6.92 Å². The number of aromatic nitrogens is 2. The lowest BCUT2D eigenvalue weighted by Gasteiger charge is -2.41. The molecule has 130 valence electrons. The molecule has 1 aromatic rings. The van der Waals surface area contributed by atoms with Crippen molar-refractivity contribution in [2.24, 2.45) is 7.05 Å². The maximum absolute atomic E-state index is 12.1. The predicted molar refractivity (Wildman–Crippen MR) is 88.1 cm³/mol. The van der Waals surface area contributed by atoms with Crippen molar-refractivity contribution in [3.05, 3.63) is 18.0 Å². The Balaban J connectivity index is 1.87. The SMILES string of the molecule is CCC1(OCc2cnn(C)c2)CCN(C(=O)OC(C)(C)C)CC1. The second-order valence-corrected chi connectivity index (χ2v) is 7.31. The number of carbonyl (C=O) groups excluding carboxylic acids is 1. The van der Waals surface area contributed by atoms with Gasteiger partial charge in [0.2, 0.25) is 0 Å². The summed E-state index contributed by atoms with van der Waals surface area (Å²) in [5, 5.41) is 4.17. The number of nitrogens with zero attached hydrogens (tertiary/aromatic N) is 3. The third-order valence-corrected chi connectivity index (χ3v) is 4.27. The average molecular weight is 323 g/mol. The fourth-order valence-corrected chi connectivity index (χ4v) is 2.81. The van der Waals surface area contributed by atoms with Gasteiger partial charge in [0.15, 0.2) is 0 Å². The number of carbonyl (C=O) groups is 1. The Bertz CT molecular complexity index is 525. The van der Waals surface area contributed by atoms with Crippen molar-refractivity contribution < 1.29 is 14.3 Å². The average Bonchev–Trinajstić information content (AvgIpc) is 2.89. The topological polar surface area (TPSA) is 56.6 Å². The number of aryl methyl sites for hydroxylation is 1. The third kappa shape index (κ3) is 4.96. The summed E-state index contributed by atoms with van der Waals surface area (Å²) in [6.45, 7) is 9.73. The Labute approximate surface area is 138 Å². The van der Waals surface area contributed by atoms with E-state index < -0.39 is 5.60 Å². The number of amides is 1. The Kier molecular flexibility index (Phi) is 5.34. The summed E-state index contributed by atoms with van der Waals surface area (Å²) in [5.74, 6) is 0. The van der Waals surface area contributed by atoms with E-state index in [1.54, 1.807) is 9.58 Å². The van der Waals surface area contributed by atoms with Crippen molar-refractivity contribution in [3.8, 4) is 0 Å². The molecule has 1 aliphatic rings. The lowest BCUT2D eigenvalue weighted by atomic mass is 9.88. The standard InChI is InChI=1S/C17H29N3O3/c1-6-17(22-13-14-11-18-19(5)12-14)7-9-20(10-8-17)15(21)23-16(2,3)4/h11-12H,6-10,13H2,1-5H3. The number of hydrogen-bond donors (Lipinski definition) is 0. The predicted octanol–water partition coefficient (Wildman–Crippen LogP) is 3.12. The molecule has 1 saturated heterocycles. The lowest BCUT2D eigenvalue weighted by Crippen LogP contribution is -2.49. The summed E-state index contributed by atoms with van der Waals surface area (Å²) in [6, 6.07) is 0. The summed E-state index contributed by atoms with van der Waals surface area (Å²) in [7, 11) is 1.90. The van der Waals surface area contributed by atoms with Crippen LogP contribution in [0.5, 0.6) is 0 Å². The molecule has 0 bridgehead atoms. The van der Waals surface area contributed by atoms with Crippen molar-refractivity contribution in [2.45, 2.75) is 64.8 Å². The fourth-order valence-electron chi connectivity index (χ4n) is 2.81. The molecular weight excluding hydrogens is 294 g/mol. The normalized spacial score (nSPS) is 18.0. The molecule has 0 aliphatic carbocycles. The molecule has 6 nitrogen and oxygen atoms in total. The highest BCUT2D eigenvalue weighted by Crippen LogP contribution is 2.31. The minimum Gasteiger partial charge on any atom is -0.444 e. The molecule has 2 heterocycles. The first-order valence-electron chi connectivity index (χ1n) is 8.32. The smallest absolute Gasteiger partial charge is 0.410 e. The van der Waals surface area contributed by atoms with E-state index in [1.807, 2.05) is 40.2 Å². The Hall–Kier alpha value is -1.56. The molecule has 23 heavy (non-hydrogen) atoms. The maximum Gasteiger partial charge on any atom is 0.410 e. The quantitative estimate of drug-likeness (QED) is 0.854. The van der Waals surface area contributed by atoms with Gasteiger partial charge in [0.05, 0.1) is 18.4 Å². The molecule has 0 saturated carbocycles. The van der Waals surface area contributed by atoms with Crippen LogP contribution in [-0.2, 0) is 23.1 Å². The summed E-state index contributed by atoms with van der Waals surface area (Å²) in [4.78, 5) is 13.9. The maximum atomic E-state index is 12.1. The molecule has 0 unspecified atom stereocenters. The monoisotopic (exact) mass is 323 g/mol. The number of piperidine rings is 1. The van der Waals surface area contributed by atoms with Crippen molar-refractivity contribution in [1.82, 2.24) is 14.7 Å². The van der Waals surface area contributed by atoms with Crippen molar-refractivity contribution in [3.63, 3.8) is 0 Å². The second-order valence-electron chi connectivity index (χ2n) is 7.31. The van der Waals surface area contributed by atoms with Gasteiger partial charge in [0.25, 0.3) is 0 Å². The number of ether oxygens (including phenoxy) is 2. The Morgan fingerprint density at radius 3 is 2.48 bits per heavy atom. The van der Waals surface area contributed by atoms with Crippen molar-refractivity contribution >= 4 is 6.09 Å². The summed E-state index contributed by atoms with van der Waals surface area (Å²) >= 11 is 0. The largest absolute Gasteiger partial charge is 0.444 e. The lowest BCUT2D eigenvalue weighted by molar-refractivity contribution is -0.0954. The van der Waals surface area contributed by atoms with E-state index in [0.717, 1.165) is 24.8 Å². The van der Waals surface area contributed by atoms with Crippen LogP contribution in [0.2, 0.25) is 0 Å². The molecule has 0 atom stereocenters. The fraction of sp³-hybridized carbons (Fsp3) is 0.765. The molecule has 0 aromatic carbocycles. The molecule has 1 aliphatic heterocycles. The van der Waals surface area contributed by atoms with Gasteiger partial charge < -0.3 is 14.4 Å². The van der Waals surface area contributed by atoms with E-state index >= 15 is 0 Å². The van der Waals surface area contributed by atoms with Gasteiger partial charge in [0, 0.05) is 31.9 Å². The zero-order valence-electron chi connectivity index (χ0n) is 15.0. The van der Waals surface area contributed by atoms with Crippen LogP contribution in [0.4, 0.5) is 4.79 Å². The minimum atomic E-state index is -0.451. The number of hydrogen-bond acceptors (Lipinski definition) is 4. The molecular formula is C17H29N3O3. The highest BCUT2D eigenvalue weighted by molar-refractivity contribution is 5.68. The van der Waals surface area contributed by atoms with Gasteiger partial charge in [-0.05, 0) is 40.0 Å². The molecule has 2 rings (SSSR count). The van der Waals surface area contributed by atoms with Gasteiger partial charge in [-0.3, -0.25) is 4.68 Å². The third-order valence-electron chi connectivity index (χ3n) is 4.27. The second kappa shape index (κ2) is 6.91. The first-order valence-corrected chi connectivity index (χ1v) is 8.32. The number of rotatable bonds is 4. The van der Waals surface area contributed by atoms with Gasteiger partial charge in [0.1, 0.15) is 5.60 Å². The van der Waals surface area contributed by atoms with Gasteiger partial charge in [-0.25, -0.2) is 4.79 Å². The van der Waals surface area contributed by atoms with Gasteiger partial charge in [-0.2, -0.15) is 5.10 Å². The Morgan fingerprint density at radius 2 is 2.00 bits per heavy atom. The molecule has 0 spiro atoms. The van der Waals surface area contributed by atoms with Gasteiger partial charge in [-0.15, -0.1) is 0 Å². The zero-order chi connectivity index (χ0) is 17.1. The van der Waals surface area contributed by atoms with Crippen LogP contribution in [0, 0.1) is 0 Å². The van der Waals surface area contributed by atoms with Gasteiger partial charge >= 0.3 is 6.09 Å². The first kappa shape index (κ1) is 17.8. The van der Waals surface area contributed by atoms with Crippen LogP contribution < -0.4 is 0 Å². The Morgan fingerprint density at radius 1 is 1.35 bits per heavy atom. The molecule has 0 radical (unpaired) electrons. The molecule has 1 fully saturated rings. The van der Waals surface area contributed by atoms with Crippen LogP contribution in [0.15, 0.2) is 12.4 Å². The van der Waals surface area contributed by atoms with E-state index in [0.29, 0.717) is 19.7 Å². The van der Waals surface area contributed by atoms with Crippen LogP contribution in [0.1, 0.15) is 52.5 Å². The van der Waals surface area contributed by atoms with E-state index in [4.69, 9.17) is 9.47 Å². The molecule has 6 heteroatoms. The van der Waals surface area contributed by atoms with Crippen LogP contribution in [-0.4, -0.2) is 45.1 Å². The highest BCUT2D eigenvalue weighted by atomic mass is 16.6. The molecule has 0 N–H and O–H groups in total. The van der Waals surface area contributed by atoms with E-state index in [2.05, 4.69) is 12.0 Å². The highest BCUT2D eigenvalue weighted by Gasteiger charge is 2.36. The summed E-state index contributed by atoms with van der Waals surface area (Å²) < 4.78 is 13.4. The van der Waals surface area contributed by atoms with Crippen molar-refractivity contribution in [2.75, 3.05) is 13.1 Å². The zero-order valence-corrected chi connectivity index (χ0v) is 15.0. The van der Waals surface area contributed by atoms with Crippen LogP contribution in [0.3, 0.4) is 0 Å². The minimum absolute atomic E-state index is 0.158. The number of likely N-dealkylation sites (tertiary alicyclic amines) is 1. The first-order chi connectivity index (χ1) is 10.7. The molecule has 1 aromatic heterocycles. The van der Waals surface area contributed by atoms with E-state index in [9.17, 15) is 4.79 Å². The van der Waals surface area contributed by atoms with E-state index in [-0.39, 0.29) is 11.7 Å². The van der Waals surface area contributed by atoms with E-state index in [1.165, 1.54) is 0 Å². The van der Waals surface area contributed by atoms with Crippen LogP contribution in [0.25, 0.3) is 0 Å². The summed E-state index contributed by atoms with van der Waals surface area (Å²) in [6.07, 6.45) is 6.19. The van der Waals surface area contributed by atoms with Crippen LogP contribution >= 0.6 is 0 Å². The van der Waals surface area contributed by atoms with Crippen molar-refractivity contribution in [1.29, 1.82) is 0 Å². The summed E-state index contributed by atoms with van der Waals surface area (Å²) in [5.41, 5.74) is 0.469. The molecule has 1 amide bonds.